The molecule has 4 fully saturated rings. The molecule has 2 nitrogen and oxygen atoms in total. The molecule has 0 aromatic carbocycles. The Labute approximate surface area is 129 Å². The van der Waals surface area contributed by atoms with E-state index in [1.165, 1.54) is 19.3 Å². The Morgan fingerprint density at radius 3 is 2.70 bits per heavy atom. The summed E-state index contributed by atoms with van der Waals surface area (Å²) < 4.78 is 0.348. The maximum atomic E-state index is 11.5. The van der Waals surface area contributed by atoms with Crippen LogP contribution in [0.3, 0.4) is 0 Å². The van der Waals surface area contributed by atoms with Crippen molar-refractivity contribution >= 4 is 29.5 Å². The molecule has 0 amide bonds. The first-order chi connectivity index (χ1) is 9.48. The lowest BCUT2D eigenvalue weighted by molar-refractivity contribution is -0.144. The second kappa shape index (κ2) is 4.58. The van der Waals surface area contributed by atoms with Gasteiger partial charge in [0.1, 0.15) is 0 Å². The molecule has 0 bridgehead atoms. The molecule has 2 saturated heterocycles. The van der Waals surface area contributed by atoms with Crippen molar-refractivity contribution in [3.63, 3.8) is 0 Å². The molecule has 2 aliphatic heterocycles. The summed E-state index contributed by atoms with van der Waals surface area (Å²) >= 11 is 4.30. The average Bonchev–Trinajstić information content (AvgIpc) is 3.24. The number of fused-ring (bicyclic) bond motifs is 2. The molecule has 4 heteroatoms. The first-order valence-corrected chi connectivity index (χ1v) is 9.87. The molecule has 0 aromatic rings. The second-order valence-electron chi connectivity index (χ2n) is 7.66. The summed E-state index contributed by atoms with van der Waals surface area (Å²) in [5.74, 6) is 1.42. The Morgan fingerprint density at radius 2 is 1.95 bits per heavy atom. The van der Waals surface area contributed by atoms with Crippen LogP contribution in [0.2, 0.25) is 0 Å². The van der Waals surface area contributed by atoms with Crippen LogP contribution in [0.4, 0.5) is 0 Å². The molecule has 0 radical (unpaired) electrons. The van der Waals surface area contributed by atoms with Crippen LogP contribution in [0.1, 0.15) is 46.0 Å². The van der Waals surface area contributed by atoms with E-state index in [9.17, 15) is 9.90 Å². The molecule has 0 spiro atoms. The SMILES string of the molecule is CC1CC2SC2CC1CC12CC(C(=O)O)C(C)CC1S2. The van der Waals surface area contributed by atoms with Crippen molar-refractivity contribution in [1.82, 2.24) is 0 Å². The highest BCUT2D eigenvalue weighted by Gasteiger charge is 2.62. The Balaban J connectivity index is 1.45. The highest BCUT2D eigenvalue weighted by molar-refractivity contribution is 8.08. The Hall–Kier alpha value is 0.170. The smallest absolute Gasteiger partial charge is 0.306 e. The summed E-state index contributed by atoms with van der Waals surface area (Å²) in [4.78, 5) is 11.5. The van der Waals surface area contributed by atoms with E-state index in [-0.39, 0.29) is 5.92 Å². The van der Waals surface area contributed by atoms with Gasteiger partial charge in [-0.15, -0.1) is 11.8 Å². The predicted molar refractivity (Wildman–Crippen MR) is 85.3 cm³/mol. The quantitative estimate of drug-likeness (QED) is 0.802. The van der Waals surface area contributed by atoms with Crippen molar-refractivity contribution in [2.45, 2.75) is 66.4 Å². The van der Waals surface area contributed by atoms with Gasteiger partial charge in [-0.05, 0) is 49.9 Å². The van der Waals surface area contributed by atoms with Gasteiger partial charge >= 0.3 is 5.97 Å². The number of aliphatic carboxylic acids is 1. The van der Waals surface area contributed by atoms with Gasteiger partial charge in [-0.1, -0.05) is 13.8 Å². The van der Waals surface area contributed by atoms with Crippen LogP contribution in [0.15, 0.2) is 0 Å². The van der Waals surface area contributed by atoms with Gasteiger partial charge in [0.15, 0.2) is 0 Å². The largest absolute Gasteiger partial charge is 0.481 e. The minimum absolute atomic E-state index is 0.0943. The summed E-state index contributed by atoms with van der Waals surface area (Å²) in [5.41, 5.74) is 0. The van der Waals surface area contributed by atoms with E-state index in [2.05, 4.69) is 37.4 Å². The first-order valence-electron chi connectivity index (χ1n) is 8.04. The second-order valence-corrected chi connectivity index (χ2v) is 10.8. The summed E-state index contributed by atoms with van der Waals surface area (Å²) in [6.45, 7) is 4.56. The summed E-state index contributed by atoms with van der Waals surface area (Å²) in [6.07, 6.45) is 6.17. The van der Waals surface area contributed by atoms with Crippen LogP contribution in [-0.2, 0) is 4.79 Å². The zero-order valence-corrected chi connectivity index (χ0v) is 13.9. The van der Waals surface area contributed by atoms with Crippen molar-refractivity contribution in [2.75, 3.05) is 0 Å². The van der Waals surface area contributed by atoms with E-state index in [0.29, 0.717) is 10.7 Å². The van der Waals surface area contributed by atoms with Crippen LogP contribution < -0.4 is 0 Å². The topological polar surface area (TPSA) is 37.3 Å². The maximum Gasteiger partial charge on any atom is 0.306 e. The van der Waals surface area contributed by atoms with E-state index >= 15 is 0 Å². The third-order valence-corrected chi connectivity index (χ3v) is 9.49. The average molecular weight is 312 g/mol. The predicted octanol–water partition coefficient (Wildman–Crippen LogP) is 3.89. The van der Waals surface area contributed by atoms with Crippen molar-refractivity contribution < 1.29 is 9.90 Å². The van der Waals surface area contributed by atoms with Crippen LogP contribution >= 0.6 is 23.5 Å². The van der Waals surface area contributed by atoms with Gasteiger partial charge in [0, 0.05) is 20.5 Å². The number of hydrogen-bond acceptors (Lipinski definition) is 3. The number of carboxylic acid groups (broad SMARTS) is 1. The molecule has 0 aromatic heterocycles. The van der Waals surface area contributed by atoms with Crippen LogP contribution in [0, 0.1) is 23.7 Å². The molecule has 8 atom stereocenters. The number of thioether (sulfide) groups is 2. The summed E-state index contributed by atoms with van der Waals surface area (Å²) in [6, 6.07) is 0. The molecule has 20 heavy (non-hydrogen) atoms. The highest BCUT2D eigenvalue weighted by Crippen LogP contribution is 2.68. The lowest BCUT2D eigenvalue weighted by atomic mass is 9.68. The van der Waals surface area contributed by atoms with Crippen molar-refractivity contribution in [2.24, 2.45) is 23.7 Å². The molecule has 4 rings (SSSR count). The maximum absolute atomic E-state index is 11.5. The first kappa shape index (κ1) is 13.8. The molecule has 8 unspecified atom stereocenters. The van der Waals surface area contributed by atoms with Gasteiger partial charge in [-0.3, -0.25) is 4.79 Å². The lowest BCUT2D eigenvalue weighted by Crippen LogP contribution is -2.37. The molecular weight excluding hydrogens is 288 g/mol. The monoisotopic (exact) mass is 312 g/mol. The Kier molecular flexibility index (Phi) is 3.16. The molecule has 4 aliphatic rings. The minimum Gasteiger partial charge on any atom is -0.481 e. The van der Waals surface area contributed by atoms with Gasteiger partial charge < -0.3 is 5.11 Å². The minimum atomic E-state index is -0.558. The molecule has 2 saturated carbocycles. The molecule has 2 heterocycles. The van der Waals surface area contributed by atoms with Gasteiger partial charge in [0.2, 0.25) is 0 Å². The van der Waals surface area contributed by atoms with E-state index in [1.54, 1.807) is 0 Å². The summed E-state index contributed by atoms with van der Waals surface area (Å²) in [5, 5.41) is 12.1. The molecule has 2 aliphatic carbocycles. The van der Waals surface area contributed by atoms with Crippen molar-refractivity contribution in [3.05, 3.63) is 0 Å². The van der Waals surface area contributed by atoms with E-state index in [1.807, 2.05) is 0 Å². The van der Waals surface area contributed by atoms with E-state index < -0.39 is 5.97 Å². The number of carboxylic acids is 1. The van der Waals surface area contributed by atoms with E-state index in [4.69, 9.17) is 0 Å². The van der Waals surface area contributed by atoms with Gasteiger partial charge in [0.05, 0.1) is 5.92 Å². The fourth-order valence-electron chi connectivity index (χ4n) is 4.77. The normalized spacial score (nSPS) is 56.6. The zero-order chi connectivity index (χ0) is 14.1. The zero-order valence-electron chi connectivity index (χ0n) is 12.2. The third kappa shape index (κ3) is 2.22. The van der Waals surface area contributed by atoms with Gasteiger partial charge in [-0.2, -0.15) is 11.8 Å². The lowest BCUT2D eigenvalue weighted by Gasteiger charge is -2.35. The Morgan fingerprint density at radius 1 is 1.20 bits per heavy atom. The molecular formula is C16H24O2S2. The standard InChI is InChI=1S/C16H24O2S2/c1-8-3-12-13(19-12)5-10(8)6-16-7-11(15(17)18)9(2)4-14(16)20-16/h8-14H,3-7H2,1-2H3,(H,17,18). The number of hydrogen-bond donors (Lipinski definition) is 1. The van der Waals surface area contributed by atoms with Crippen molar-refractivity contribution in [1.29, 1.82) is 0 Å². The number of carbonyl (C=O) groups is 1. The molecule has 112 valence electrons. The molecule has 1 N–H and O–H groups in total. The van der Waals surface area contributed by atoms with E-state index in [0.717, 1.165) is 40.4 Å². The fraction of sp³-hybridized carbons (Fsp3) is 0.938. The fourth-order valence-corrected chi connectivity index (χ4v) is 7.90. The van der Waals surface area contributed by atoms with Crippen LogP contribution in [-0.4, -0.2) is 31.6 Å². The van der Waals surface area contributed by atoms with Gasteiger partial charge in [0.25, 0.3) is 0 Å². The summed E-state index contributed by atoms with van der Waals surface area (Å²) in [7, 11) is 0. The van der Waals surface area contributed by atoms with Crippen molar-refractivity contribution in [3.8, 4) is 0 Å². The van der Waals surface area contributed by atoms with Crippen LogP contribution in [0.25, 0.3) is 0 Å². The Bertz CT molecular complexity index is 440. The third-order valence-electron chi connectivity index (χ3n) is 6.30. The highest BCUT2D eigenvalue weighted by atomic mass is 32.2. The number of rotatable bonds is 3. The van der Waals surface area contributed by atoms with Crippen LogP contribution in [0.5, 0.6) is 0 Å². The van der Waals surface area contributed by atoms with Gasteiger partial charge in [-0.25, -0.2) is 0 Å².